The third-order valence-corrected chi connectivity index (χ3v) is 2.06. The quantitative estimate of drug-likeness (QED) is 0.710. The van der Waals surface area contributed by atoms with Crippen LogP contribution in [-0.4, -0.2) is 10.9 Å². The van der Waals surface area contributed by atoms with Gasteiger partial charge in [-0.1, -0.05) is 6.58 Å². The largest absolute Gasteiger partial charge is 0.298 e. The SMILES string of the molecule is C=C(C)C(=O)Nc1ncc(C)s1. The van der Waals surface area contributed by atoms with Crippen LogP contribution < -0.4 is 5.32 Å². The Morgan fingerprint density at radius 3 is 2.83 bits per heavy atom. The molecule has 1 aromatic heterocycles. The van der Waals surface area contributed by atoms with E-state index < -0.39 is 0 Å². The molecular weight excluding hydrogens is 172 g/mol. The van der Waals surface area contributed by atoms with E-state index in [9.17, 15) is 4.79 Å². The van der Waals surface area contributed by atoms with E-state index in [0.29, 0.717) is 10.7 Å². The first kappa shape index (κ1) is 8.93. The van der Waals surface area contributed by atoms with Crippen LogP contribution in [0, 0.1) is 6.92 Å². The molecule has 0 fully saturated rings. The van der Waals surface area contributed by atoms with E-state index in [0.717, 1.165) is 4.88 Å². The second-order valence-electron chi connectivity index (χ2n) is 2.51. The van der Waals surface area contributed by atoms with Crippen LogP contribution in [0.5, 0.6) is 0 Å². The van der Waals surface area contributed by atoms with Gasteiger partial charge in [0.25, 0.3) is 5.91 Å². The first-order valence-electron chi connectivity index (χ1n) is 3.49. The summed E-state index contributed by atoms with van der Waals surface area (Å²) in [5.41, 5.74) is 0.489. The van der Waals surface area contributed by atoms with Gasteiger partial charge in [-0.2, -0.15) is 0 Å². The Hall–Kier alpha value is -1.16. The Balaban J connectivity index is 2.64. The van der Waals surface area contributed by atoms with Crippen molar-refractivity contribution >= 4 is 22.4 Å². The predicted octanol–water partition coefficient (Wildman–Crippen LogP) is 1.97. The number of anilines is 1. The summed E-state index contributed by atoms with van der Waals surface area (Å²) in [5, 5.41) is 3.26. The first-order chi connectivity index (χ1) is 5.59. The third-order valence-electron chi connectivity index (χ3n) is 1.23. The van der Waals surface area contributed by atoms with Crippen LogP contribution in [-0.2, 0) is 4.79 Å². The number of amides is 1. The minimum atomic E-state index is -0.177. The summed E-state index contributed by atoms with van der Waals surface area (Å²) in [6.45, 7) is 7.12. The van der Waals surface area contributed by atoms with Crippen molar-refractivity contribution in [2.24, 2.45) is 0 Å². The summed E-state index contributed by atoms with van der Waals surface area (Å²) in [5.74, 6) is -0.177. The Bertz CT molecular complexity index is 317. The fourth-order valence-electron chi connectivity index (χ4n) is 0.616. The highest BCUT2D eigenvalue weighted by molar-refractivity contribution is 7.15. The van der Waals surface area contributed by atoms with Crippen LogP contribution in [0.15, 0.2) is 18.3 Å². The maximum absolute atomic E-state index is 11.1. The molecule has 0 saturated carbocycles. The predicted molar refractivity (Wildman–Crippen MR) is 50.3 cm³/mol. The number of thiazole rings is 1. The topological polar surface area (TPSA) is 42.0 Å². The zero-order chi connectivity index (χ0) is 9.14. The van der Waals surface area contributed by atoms with Gasteiger partial charge in [0.2, 0.25) is 0 Å². The van der Waals surface area contributed by atoms with Crippen molar-refractivity contribution in [3.63, 3.8) is 0 Å². The highest BCUT2D eigenvalue weighted by Crippen LogP contribution is 2.16. The van der Waals surface area contributed by atoms with Crippen LogP contribution >= 0.6 is 11.3 Å². The molecule has 0 aliphatic carbocycles. The molecule has 0 unspecified atom stereocenters. The lowest BCUT2D eigenvalue weighted by Gasteiger charge is -1.97. The summed E-state index contributed by atoms with van der Waals surface area (Å²) >= 11 is 1.45. The fraction of sp³-hybridized carbons (Fsp3) is 0.250. The Labute approximate surface area is 75.1 Å². The van der Waals surface area contributed by atoms with Gasteiger partial charge in [0.1, 0.15) is 0 Å². The summed E-state index contributed by atoms with van der Waals surface area (Å²) in [6.07, 6.45) is 1.72. The van der Waals surface area contributed by atoms with E-state index >= 15 is 0 Å². The van der Waals surface area contributed by atoms with Gasteiger partial charge in [0.15, 0.2) is 5.13 Å². The zero-order valence-electron chi connectivity index (χ0n) is 7.05. The van der Waals surface area contributed by atoms with E-state index in [4.69, 9.17) is 0 Å². The van der Waals surface area contributed by atoms with Crippen molar-refractivity contribution in [3.05, 3.63) is 23.2 Å². The second-order valence-corrected chi connectivity index (χ2v) is 3.75. The van der Waals surface area contributed by atoms with Crippen LogP contribution in [0.3, 0.4) is 0 Å². The normalized spacial score (nSPS) is 9.50. The minimum Gasteiger partial charge on any atom is -0.298 e. The number of carbonyl (C=O) groups excluding carboxylic acids is 1. The number of carbonyl (C=O) groups is 1. The molecule has 0 radical (unpaired) electrons. The average Bonchev–Trinajstić information content (AvgIpc) is 2.35. The first-order valence-corrected chi connectivity index (χ1v) is 4.30. The van der Waals surface area contributed by atoms with Gasteiger partial charge in [-0.15, -0.1) is 11.3 Å². The monoisotopic (exact) mass is 182 g/mol. The van der Waals surface area contributed by atoms with Crippen molar-refractivity contribution in [1.29, 1.82) is 0 Å². The van der Waals surface area contributed by atoms with Gasteiger partial charge < -0.3 is 0 Å². The summed E-state index contributed by atoms with van der Waals surface area (Å²) < 4.78 is 0. The lowest BCUT2D eigenvalue weighted by Crippen LogP contribution is -2.11. The number of hydrogen-bond acceptors (Lipinski definition) is 3. The summed E-state index contributed by atoms with van der Waals surface area (Å²) in [7, 11) is 0. The standard InChI is InChI=1S/C8H10N2OS/c1-5(2)7(11)10-8-9-4-6(3)12-8/h4H,1H2,2-3H3,(H,9,10,11). The van der Waals surface area contributed by atoms with Gasteiger partial charge >= 0.3 is 0 Å². The maximum Gasteiger partial charge on any atom is 0.252 e. The molecule has 3 nitrogen and oxygen atoms in total. The molecule has 4 heteroatoms. The van der Waals surface area contributed by atoms with Crippen LogP contribution in [0.25, 0.3) is 0 Å². The van der Waals surface area contributed by atoms with E-state index in [2.05, 4.69) is 16.9 Å². The molecule has 1 aromatic rings. The molecule has 1 amide bonds. The van der Waals surface area contributed by atoms with Crippen molar-refractivity contribution in [2.75, 3.05) is 5.32 Å². The molecule has 0 bridgehead atoms. The number of hydrogen-bond donors (Lipinski definition) is 1. The minimum absolute atomic E-state index is 0.177. The Morgan fingerprint density at radius 1 is 1.75 bits per heavy atom. The highest BCUT2D eigenvalue weighted by atomic mass is 32.1. The maximum atomic E-state index is 11.1. The van der Waals surface area contributed by atoms with Crippen molar-refractivity contribution in [1.82, 2.24) is 4.98 Å². The number of nitrogens with one attached hydrogen (secondary N) is 1. The van der Waals surface area contributed by atoms with Gasteiger partial charge in [-0.3, -0.25) is 10.1 Å². The number of rotatable bonds is 2. The molecule has 1 rings (SSSR count). The lowest BCUT2D eigenvalue weighted by atomic mass is 10.3. The Morgan fingerprint density at radius 2 is 2.42 bits per heavy atom. The molecule has 64 valence electrons. The zero-order valence-corrected chi connectivity index (χ0v) is 7.86. The molecule has 0 aliphatic rings. The summed E-state index contributed by atoms with van der Waals surface area (Å²) in [6, 6.07) is 0. The third kappa shape index (κ3) is 2.17. The molecule has 0 aliphatic heterocycles. The smallest absolute Gasteiger partial charge is 0.252 e. The Kier molecular flexibility index (Phi) is 2.60. The van der Waals surface area contributed by atoms with E-state index in [-0.39, 0.29) is 5.91 Å². The number of aromatic nitrogens is 1. The number of nitrogens with zero attached hydrogens (tertiary/aromatic N) is 1. The van der Waals surface area contributed by atoms with Crippen molar-refractivity contribution in [2.45, 2.75) is 13.8 Å². The highest BCUT2D eigenvalue weighted by Gasteiger charge is 2.04. The fourth-order valence-corrected chi connectivity index (χ4v) is 1.28. The lowest BCUT2D eigenvalue weighted by molar-refractivity contribution is -0.112. The second kappa shape index (κ2) is 3.49. The molecule has 0 atom stereocenters. The molecule has 0 aromatic carbocycles. The number of aryl methyl sites for hydroxylation is 1. The molecular formula is C8H10N2OS. The molecule has 1 heterocycles. The molecule has 0 saturated heterocycles. The molecule has 1 N–H and O–H groups in total. The van der Waals surface area contributed by atoms with Crippen LogP contribution in [0.2, 0.25) is 0 Å². The van der Waals surface area contributed by atoms with Crippen molar-refractivity contribution < 1.29 is 4.79 Å². The van der Waals surface area contributed by atoms with Gasteiger partial charge in [0.05, 0.1) is 0 Å². The van der Waals surface area contributed by atoms with Gasteiger partial charge in [0, 0.05) is 16.6 Å². The van der Waals surface area contributed by atoms with Crippen LogP contribution in [0.1, 0.15) is 11.8 Å². The van der Waals surface area contributed by atoms with Crippen LogP contribution in [0.4, 0.5) is 5.13 Å². The van der Waals surface area contributed by atoms with Gasteiger partial charge in [-0.05, 0) is 13.8 Å². The van der Waals surface area contributed by atoms with E-state index in [1.165, 1.54) is 11.3 Å². The van der Waals surface area contributed by atoms with Crippen molar-refractivity contribution in [3.8, 4) is 0 Å². The van der Waals surface area contributed by atoms with E-state index in [1.54, 1.807) is 13.1 Å². The molecule has 12 heavy (non-hydrogen) atoms. The average molecular weight is 182 g/mol. The van der Waals surface area contributed by atoms with Gasteiger partial charge in [-0.25, -0.2) is 4.98 Å². The summed E-state index contributed by atoms with van der Waals surface area (Å²) in [4.78, 5) is 16.1. The molecule has 0 spiro atoms. The van der Waals surface area contributed by atoms with E-state index in [1.807, 2.05) is 6.92 Å².